The molecule has 2 aromatic rings. The van der Waals surface area contributed by atoms with E-state index in [0.717, 1.165) is 47.9 Å². The quantitative estimate of drug-likeness (QED) is 0.590. The Bertz CT molecular complexity index is 1180. The summed E-state index contributed by atoms with van der Waals surface area (Å²) in [6.45, 7) is 4.05. The lowest BCUT2D eigenvalue weighted by atomic mass is 9.48. The lowest BCUT2D eigenvalue weighted by molar-refractivity contribution is -0.126. The maximum absolute atomic E-state index is 13.1. The third-order valence-electron chi connectivity index (χ3n) is 9.66. The second-order valence-electron chi connectivity index (χ2n) is 12.0. The van der Waals surface area contributed by atoms with E-state index in [2.05, 4.69) is 16.8 Å². The van der Waals surface area contributed by atoms with E-state index >= 15 is 0 Å². The van der Waals surface area contributed by atoms with E-state index in [0.29, 0.717) is 36.4 Å². The molecule has 4 saturated carbocycles. The van der Waals surface area contributed by atoms with Crippen molar-refractivity contribution in [2.45, 2.75) is 88.6 Å². The van der Waals surface area contributed by atoms with Crippen LogP contribution in [0.1, 0.15) is 71.1 Å². The number of aryl methyl sites for hydroxylation is 1. The standard InChI is InChI=1S/C28H39N3O3S/c1-20(28-17-21-13-22(18-28)15-23(14-21)19-28)29-27(32)8-12-30-11-7-24-16-25(5-6-26(24)30)35(33,34)31-9-3-2-4-10-31/h5-7,11,16,20-23H,2-4,8-10,12-15,17-19H2,1H3,(H,29,32)/t20-,21?,22?,23?,28?/m0/s1. The minimum Gasteiger partial charge on any atom is -0.353 e. The highest BCUT2D eigenvalue weighted by Crippen LogP contribution is 2.61. The van der Waals surface area contributed by atoms with Gasteiger partial charge in [0.05, 0.1) is 4.90 Å². The van der Waals surface area contributed by atoms with E-state index in [1.165, 1.54) is 38.5 Å². The number of rotatable bonds is 7. The second kappa shape index (κ2) is 8.91. The maximum atomic E-state index is 13.1. The Kier molecular flexibility index (Phi) is 5.99. The number of sulfonamides is 1. The van der Waals surface area contributed by atoms with Crippen LogP contribution in [0.5, 0.6) is 0 Å². The highest BCUT2D eigenvalue weighted by atomic mass is 32.2. The summed E-state index contributed by atoms with van der Waals surface area (Å²) in [4.78, 5) is 13.3. The van der Waals surface area contributed by atoms with Crippen LogP contribution in [0.2, 0.25) is 0 Å². The van der Waals surface area contributed by atoms with E-state index in [9.17, 15) is 13.2 Å². The summed E-state index contributed by atoms with van der Waals surface area (Å²) in [7, 11) is -3.44. The van der Waals surface area contributed by atoms with Crippen molar-refractivity contribution in [1.29, 1.82) is 0 Å². The number of hydrogen-bond acceptors (Lipinski definition) is 3. The van der Waals surface area contributed by atoms with Crippen LogP contribution in [0.3, 0.4) is 0 Å². The summed E-state index contributed by atoms with van der Waals surface area (Å²) in [5.41, 5.74) is 1.30. The molecule has 4 aliphatic carbocycles. The molecule has 5 aliphatic rings. The van der Waals surface area contributed by atoms with Crippen LogP contribution < -0.4 is 5.32 Å². The van der Waals surface area contributed by atoms with Crippen molar-refractivity contribution in [2.75, 3.05) is 13.1 Å². The first-order valence-electron chi connectivity index (χ1n) is 13.7. The molecule has 1 aromatic heterocycles. The third-order valence-corrected chi connectivity index (χ3v) is 11.6. The molecule has 190 valence electrons. The van der Waals surface area contributed by atoms with E-state index in [1.54, 1.807) is 16.4 Å². The lowest BCUT2D eigenvalue weighted by Crippen LogP contribution is -2.55. The highest BCUT2D eigenvalue weighted by Gasteiger charge is 2.53. The largest absolute Gasteiger partial charge is 0.353 e. The molecule has 6 nitrogen and oxygen atoms in total. The summed E-state index contributed by atoms with van der Waals surface area (Å²) in [6, 6.07) is 7.60. The summed E-state index contributed by atoms with van der Waals surface area (Å²) in [5.74, 6) is 2.78. The lowest BCUT2D eigenvalue weighted by Gasteiger charge is -2.59. The zero-order valence-corrected chi connectivity index (χ0v) is 21.7. The van der Waals surface area contributed by atoms with Crippen molar-refractivity contribution in [3.05, 3.63) is 30.5 Å². The predicted molar refractivity (Wildman–Crippen MR) is 137 cm³/mol. The minimum atomic E-state index is -3.44. The van der Waals surface area contributed by atoms with Crippen LogP contribution in [-0.2, 0) is 21.4 Å². The van der Waals surface area contributed by atoms with Gasteiger partial charge in [0.1, 0.15) is 0 Å². The molecule has 1 aromatic carbocycles. The van der Waals surface area contributed by atoms with E-state index in [1.807, 2.05) is 18.3 Å². The molecule has 7 heteroatoms. The predicted octanol–water partition coefficient (Wildman–Crippen LogP) is 4.93. The minimum absolute atomic E-state index is 0.124. The number of carbonyl (C=O) groups excluding carboxylic acids is 1. The SMILES string of the molecule is C[C@H](NC(=O)CCn1ccc2cc(S(=O)(=O)N3CCCCC3)ccc21)C12CC3CC(CC(C3)C1)C2. The fraction of sp³-hybridized carbons (Fsp3) is 0.679. The smallest absolute Gasteiger partial charge is 0.243 e. The topological polar surface area (TPSA) is 71.4 Å². The van der Waals surface area contributed by atoms with Gasteiger partial charge in [-0.1, -0.05) is 6.42 Å². The molecule has 0 radical (unpaired) electrons. The molecule has 5 fully saturated rings. The molecule has 1 atom stereocenters. The van der Waals surface area contributed by atoms with Crippen molar-refractivity contribution < 1.29 is 13.2 Å². The number of nitrogens with one attached hydrogen (secondary N) is 1. The van der Waals surface area contributed by atoms with Gasteiger partial charge in [-0.2, -0.15) is 4.31 Å². The van der Waals surface area contributed by atoms with Crippen LogP contribution in [0.25, 0.3) is 10.9 Å². The molecule has 1 aliphatic heterocycles. The number of hydrogen-bond donors (Lipinski definition) is 1. The van der Waals surface area contributed by atoms with Crippen molar-refractivity contribution in [1.82, 2.24) is 14.2 Å². The van der Waals surface area contributed by atoms with Gasteiger partial charge in [0, 0.05) is 49.2 Å². The molecule has 0 spiro atoms. The zero-order chi connectivity index (χ0) is 24.2. The second-order valence-corrected chi connectivity index (χ2v) is 14.0. The summed E-state index contributed by atoms with van der Waals surface area (Å²) >= 11 is 0. The van der Waals surface area contributed by atoms with Crippen LogP contribution in [0, 0.1) is 23.2 Å². The first-order valence-corrected chi connectivity index (χ1v) is 15.1. The molecule has 0 unspecified atom stereocenters. The molecule has 4 bridgehead atoms. The number of piperidine rings is 1. The average Bonchev–Trinajstić information content (AvgIpc) is 3.25. The summed E-state index contributed by atoms with van der Waals surface area (Å²) < 4.78 is 29.8. The molecular formula is C28H39N3O3S. The van der Waals surface area contributed by atoms with E-state index in [4.69, 9.17) is 0 Å². The van der Waals surface area contributed by atoms with Gasteiger partial charge < -0.3 is 9.88 Å². The first-order chi connectivity index (χ1) is 16.8. The first kappa shape index (κ1) is 23.5. The number of amides is 1. The molecule has 7 rings (SSSR count). The highest BCUT2D eigenvalue weighted by molar-refractivity contribution is 7.89. The fourth-order valence-corrected chi connectivity index (χ4v) is 9.74. The molecule has 2 heterocycles. The van der Waals surface area contributed by atoms with E-state index in [-0.39, 0.29) is 11.9 Å². The summed E-state index contributed by atoms with van der Waals surface area (Å²) in [6.07, 6.45) is 13.5. The van der Waals surface area contributed by atoms with Crippen LogP contribution in [0.4, 0.5) is 0 Å². The van der Waals surface area contributed by atoms with Gasteiger partial charge >= 0.3 is 0 Å². The van der Waals surface area contributed by atoms with Gasteiger partial charge in [0.15, 0.2) is 0 Å². The number of benzene rings is 1. The van der Waals surface area contributed by atoms with Gasteiger partial charge in [0.2, 0.25) is 15.9 Å². The van der Waals surface area contributed by atoms with Crippen molar-refractivity contribution in [3.63, 3.8) is 0 Å². The Labute approximate surface area is 209 Å². The van der Waals surface area contributed by atoms with E-state index < -0.39 is 10.0 Å². The van der Waals surface area contributed by atoms with Gasteiger partial charge in [-0.15, -0.1) is 0 Å². The fourth-order valence-electron chi connectivity index (χ4n) is 8.18. The van der Waals surface area contributed by atoms with Crippen molar-refractivity contribution >= 4 is 26.8 Å². The Morgan fingerprint density at radius 3 is 2.34 bits per heavy atom. The van der Waals surface area contributed by atoms with Crippen molar-refractivity contribution in [3.8, 4) is 0 Å². The molecular weight excluding hydrogens is 458 g/mol. The van der Waals surface area contributed by atoms with Gasteiger partial charge in [-0.25, -0.2) is 8.42 Å². The Morgan fingerprint density at radius 2 is 1.69 bits per heavy atom. The molecule has 1 N–H and O–H groups in total. The number of aromatic nitrogens is 1. The van der Waals surface area contributed by atoms with Crippen molar-refractivity contribution in [2.24, 2.45) is 23.2 Å². The number of fused-ring (bicyclic) bond motifs is 1. The Balaban J connectivity index is 1.09. The van der Waals surface area contributed by atoms with Gasteiger partial charge in [0.25, 0.3) is 0 Å². The Hall–Kier alpha value is -1.86. The van der Waals surface area contributed by atoms with Gasteiger partial charge in [-0.05, 0) is 106 Å². The summed E-state index contributed by atoms with van der Waals surface area (Å²) in [5, 5.41) is 4.28. The van der Waals surface area contributed by atoms with Crippen LogP contribution >= 0.6 is 0 Å². The molecule has 1 amide bonds. The third kappa shape index (κ3) is 4.33. The average molecular weight is 498 g/mol. The number of carbonyl (C=O) groups is 1. The normalized spacial score (nSPS) is 31.6. The Morgan fingerprint density at radius 1 is 1.03 bits per heavy atom. The van der Waals surface area contributed by atoms with Crippen LogP contribution in [0.15, 0.2) is 35.4 Å². The maximum Gasteiger partial charge on any atom is 0.243 e. The van der Waals surface area contributed by atoms with Crippen LogP contribution in [-0.4, -0.2) is 42.3 Å². The van der Waals surface area contributed by atoms with Gasteiger partial charge in [-0.3, -0.25) is 4.79 Å². The zero-order valence-electron chi connectivity index (χ0n) is 20.9. The molecule has 35 heavy (non-hydrogen) atoms. The number of nitrogens with zero attached hydrogens (tertiary/aromatic N) is 2. The molecule has 1 saturated heterocycles. The monoisotopic (exact) mass is 497 g/mol.